The van der Waals surface area contributed by atoms with Crippen molar-refractivity contribution < 1.29 is 5.21 Å². The van der Waals surface area contributed by atoms with E-state index < -0.39 is 0 Å². The number of nitrogens with one attached hydrogen (secondary N) is 1. The highest BCUT2D eigenvalue weighted by Gasteiger charge is 2.10. The van der Waals surface area contributed by atoms with E-state index in [1.54, 1.807) is 0 Å². The Hall–Kier alpha value is -1.55. The predicted octanol–water partition coefficient (Wildman–Crippen LogP) is 1.72. The molecule has 0 fully saturated rings. The molecule has 0 amide bonds. The molecule has 4 heteroatoms. The molecule has 0 heterocycles. The maximum Gasteiger partial charge on any atom is 0.143 e. The van der Waals surface area contributed by atoms with Crippen molar-refractivity contribution >= 4 is 5.84 Å². The van der Waals surface area contributed by atoms with Crippen LogP contribution in [0.3, 0.4) is 0 Å². The Morgan fingerprint density at radius 2 is 2.00 bits per heavy atom. The van der Waals surface area contributed by atoms with Crippen LogP contribution in [0.2, 0.25) is 0 Å². The molecular weight excluding hydrogens is 202 g/mol. The maximum absolute atomic E-state index is 8.52. The molecule has 1 rings (SSSR count). The van der Waals surface area contributed by atoms with E-state index in [9.17, 15) is 0 Å². The molecule has 0 aliphatic rings. The molecule has 0 saturated carbocycles. The molecule has 0 bridgehead atoms. The van der Waals surface area contributed by atoms with Gasteiger partial charge in [0.2, 0.25) is 0 Å². The van der Waals surface area contributed by atoms with Gasteiger partial charge in [-0.15, -0.1) is 0 Å². The number of nitrogens with two attached hydrogens (primary N) is 1. The lowest BCUT2D eigenvalue weighted by molar-refractivity contribution is 0.313. The van der Waals surface area contributed by atoms with Crippen LogP contribution >= 0.6 is 0 Å². The van der Waals surface area contributed by atoms with Crippen molar-refractivity contribution in [1.29, 1.82) is 0 Å². The lowest BCUT2D eigenvalue weighted by Gasteiger charge is -2.17. The maximum atomic E-state index is 8.52. The lowest BCUT2D eigenvalue weighted by Crippen LogP contribution is -2.32. The monoisotopic (exact) mass is 221 g/mol. The molecule has 0 radical (unpaired) electrons. The Labute approximate surface area is 96.2 Å². The van der Waals surface area contributed by atoms with Gasteiger partial charge in [0, 0.05) is 18.5 Å². The van der Waals surface area contributed by atoms with Gasteiger partial charge in [0.1, 0.15) is 5.84 Å². The molecule has 0 aliphatic carbocycles. The van der Waals surface area contributed by atoms with Crippen molar-refractivity contribution in [3.05, 3.63) is 35.9 Å². The second kappa shape index (κ2) is 6.12. The highest BCUT2D eigenvalue weighted by Crippen LogP contribution is 2.11. The Balaban J connectivity index is 2.45. The summed E-state index contributed by atoms with van der Waals surface area (Å²) >= 11 is 0. The fourth-order valence-corrected chi connectivity index (χ4v) is 1.42. The molecule has 0 saturated heterocycles. The second-order valence-corrected chi connectivity index (χ2v) is 3.97. The van der Waals surface area contributed by atoms with E-state index in [0.29, 0.717) is 6.54 Å². The largest absolute Gasteiger partial charge is 0.409 e. The minimum atomic E-state index is 0.0242. The molecule has 0 aromatic heterocycles. The average molecular weight is 221 g/mol. The van der Waals surface area contributed by atoms with Crippen LogP contribution < -0.4 is 11.1 Å². The molecule has 16 heavy (non-hydrogen) atoms. The fraction of sp³-hybridized carbons (Fsp3) is 0.417. The molecule has 4 nitrogen and oxygen atoms in total. The number of hydrogen-bond donors (Lipinski definition) is 3. The number of nitrogens with zero attached hydrogens (tertiary/aromatic N) is 1. The van der Waals surface area contributed by atoms with Crippen molar-refractivity contribution in [3.63, 3.8) is 0 Å². The minimum absolute atomic E-state index is 0.0242. The summed E-state index contributed by atoms with van der Waals surface area (Å²) in [6.45, 7) is 4.69. The first kappa shape index (κ1) is 12.5. The van der Waals surface area contributed by atoms with Crippen LogP contribution in [0.15, 0.2) is 35.5 Å². The van der Waals surface area contributed by atoms with E-state index >= 15 is 0 Å². The topological polar surface area (TPSA) is 70.6 Å². The molecule has 0 spiro atoms. The van der Waals surface area contributed by atoms with Gasteiger partial charge in [0.05, 0.1) is 0 Å². The van der Waals surface area contributed by atoms with Crippen molar-refractivity contribution in [2.75, 3.05) is 6.54 Å². The first-order chi connectivity index (χ1) is 7.65. The summed E-state index contributed by atoms with van der Waals surface area (Å²) in [6, 6.07) is 10.4. The van der Waals surface area contributed by atoms with E-state index in [0.717, 1.165) is 0 Å². The van der Waals surface area contributed by atoms with Gasteiger partial charge in [-0.05, 0) is 12.5 Å². The third-order valence-electron chi connectivity index (χ3n) is 2.65. The van der Waals surface area contributed by atoms with Crippen LogP contribution in [-0.4, -0.2) is 17.6 Å². The van der Waals surface area contributed by atoms with Crippen LogP contribution in [0.5, 0.6) is 0 Å². The van der Waals surface area contributed by atoms with E-state index in [2.05, 4.69) is 29.5 Å². The summed E-state index contributed by atoms with van der Waals surface area (Å²) in [7, 11) is 0. The third-order valence-corrected chi connectivity index (χ3v) is 2.65. The SMILES string of the molecule is CC(CN[C@H](C)c1ccccc1)C(N)=NO. The average Bonchev–Trinajstić information content (AvgIpc) is 2.35. The molecule has 4 N–H and O–H groups in total. The molecule has 0 aliphatic heterocycles. The zero-order valence-electron chi connectivity index (χ0n) is 9.72. The van der Waals surface area contributed by atoms with Crippen LogP contribution in [-0.2, 0) is 0 Å². The molecule has 88 valence electrons. The molecule has 1 aromatic carbocycles. The summed E-state index contributed by atoms with van der Waals surface area (Å²) in [4.78, 5) is 0. The molecule has 1 unspecified atom stereocenters. The number of rotatable bonds is 5. The predicted molar refractivity (Wildman–Crippen MR) is 65.4 cm³/mol. The first-order valence-corrected chi connectivity index (χ1v) is 5.41. The number of hydrogen-bond acceptors (Lipinski definition) is 3. The van der Waals surface area contributed by atoms with E-state index in [4.69, 9.17) is 10.9 Å². The Bertz CT molecular complexity index is 337. The van der Waals surface area contributed by atoms with Gasteiger partial charge in [-0.3, -0.25) is 0 Å². The standard InChI is InChI=1S/C12H19N3O/c1-9(12(13)15-16)8-14-10(2)11-6-4-3-5-7-11/h3-7,9-10,14,16H,8H2,1-2H3,(H2,13,15)/t9?,10-/m1/s1. The quantitative estimate of drug-likeness (QED) is 0.307. The van der Waals surface area contributed by atoms with Crippen LogP contribution in [0, 0.1) is 5.92 Å². The van der Waals surface area contributed by atoms with Gasteiger partial charge in [-0.2, -0.15) is 0 Å². The van der Waals surface area contributed by atoms with Gasteiger partial charge in [-0.1, -0.05) is 42.4 Å². The number of oxime groups is 1. The Morgan fingerprint density at radius 3 is 2.56 bits per heavy atom. The van der Waals surface area contributed by atoms with Crippen molar-refractivity contribution in [3.8, 4) is 0 Å². The zero-order chi connectivity index (χ0) is 12.0. The van der Waals surface area contributed by atoms with Crippen molar-refractivity contribution in [2.45, 2.75) is 19.9 Å². The number of amidine groups is 1. The first-order valence-electron chi connectivity index (χ1n) is 5.41. The van der Waals surface area contributed by atoms with Gasteiger partial charge < -0.3 is 16.3 Å². The lowest BCUT2D eigenvalue weighted by atomic mass is 10.1. The van der Waals surface area contributed by atoms with Gasteiger partial charge in [-0.25, -0.2) is 0 Å². The van der Waals surface area contributed by atoms with Crippen LogP contribution in [0.1, 0.15) is 25.5 Å². The summed E-state index contributed by atoms with van der Waals surface area (Å²) in [5.41, 5.74) is 6.73. The molecule has 2 atom stereocenters. The normalized spacial score (nSPS) is 15.8. The third kappa shape index (κ3) is 3.55. The highest BCUT2D eigenvalue weighted by atomic mass is 16.4. The minimum Gasteiger partial charge on any atom is -0.409 e. The second-order valence-electron chi connectivity index (χ2n) is 3.97. The van der Waals surface area contributed by atoms with E-state index in [1.807, 2.05) is 25.1 Å². The van der Waals surface area contributed by atoms with Crippen molar-refractivity contribution in [1.82, 2.24) is 5.32 Å². The summed E-state index contributed by atoms with van der Waals surface area (Å²) in [5.74, 6) is 0.281. The highest BCUT2D eigenvalue weighted by molar-refractivity contribution is 5.82. The van der Waals surface area contributed by atoms with Gasteiger partial charge in [0.25, 0.3) is 0 Å². The fourth-order valence-electron chi connectivity index (χ4n) is 1.42. The molecular formula is C12H19N3O. The van der Waals surface area contributed by atoms with Gasteiger partial charge in [0.15, 0.2) is 0 Å². The van der Waals surface area contributed by atoms with E-state index in [1.165, 1.54) is 5.56 Å². The summed E-state index contributed by atoms with van der Waals surface area (Å²) < 4.78 is 0. The van der Waals surface area contributed by atoms with Gasteiger partial charge >= 0.3 is 0 Å². The molecule has 1 aromatic rings. The summed E-state index contributed by atoms with van der Waals surface area (Å²) in [5, 5.41) is 14.9. The zero-order valence-corrected chi connectivity index (χ0v) is 9.72. The van der Waals surface area contributed by atoms with Crippen LogP contribution in [0.4, 0.5) is 0 Å². The smallest absolute Gasteiger partial charge is 0.143 e. The van der Waals surface area contributed by atoms with Crippen molar-refractivity contribution in [2.24, 2.45) is 16.8 Å². The van der Waals surface area contributed by atoms with Crippen LogP contribution in [0.25, 0.3) is 0 Å². The Morgan fingerprint density at radius 1 is 1.38 bits per heavy atom. The number of benzene rings is 1. The Kier molecular flexibility index (Phi) is 4.79. The summed E-state index contributed by atoms with van der Waals surface area (Å²) in [6.07, 6.45) is 0. The van der Waals surface area contributed by atoms with E-state index in [-0.39, 0.29) is 17.8 Å².